The maximum atomic E-state index is 6.64. The van der Waals surface area contributed by atoms with Crippen molar-refractivity contribution >= 4 is 98.4 Å². The molecule has 0 aliphatic rings. The van der Waals surface area contributed by atoms with E-state index >= 15 is 0 Å². The van der Waals surface area contributed by atoms with Gasteiger partial charge in [-0.15, -0.1) is 0 Å². The van der Waals surface area contributed by atoms with Gasteiger partial charge in [0.25, 0.3) is 0 Å². The van der Waals surface area contributed by atoms with E-state index in [4.69, 9.17) is 28.2 Å². The van der Waals surface area contributed by atoms with Crippen LogP contribution in [0.4, 0.5) is 0 Å². The summed E-state index contributed by atoms with van der Waals surface area (Å²) in [6.45, 7) is 0. The summed E-state index contributed by atoms with van der Waals surface area (Å²) < 4.78 is 21.8. The molecule has 0 atom stereocenters. The second kappa shape index (κ2) is 12.5. The number of nitrogens with zero attached hydrogens (tertiary/aromatic N) is 4. The minimum absolute atomic E-state index is 0.522. The molecule has 0 N–H and O–H groups in total. The van der Waals surface area contributed by atoms with Crippen LogP contribution in [0.1, 0.15) is 0 Å². The van der Waals surface area contributed by atoms with Crippen LogP contribution >= 0.6 is 0 Å². The fourth-order valence-corrected chi connectivity index (χ4v) is 9.77. The SMILES string of the molecule is c1ccc2cc3c(cc2c1)c1ccccc1n3-c1c(-c2nc(-c3cccc4oc5ccccc5c34)nc(-c3cccc4oc5ccccc5c34)n2)ccc2oc3ccccc3c12. The standard InChI is InChI=1S/C55H30N4O3/c1-2-14-32-30-42-40(29-31(32)13-1)33-15-3-7-21-41(33)59(42)52-39(27-28-48-51(52)36-18-6-10-24-45(36)62-48)55-57-53(37-19-11-25-46-49(37)34-16-4-8-22-43(34)60-46)56-54(58-55)38-20-12-26-47-50(38)35-17-5-9-23-44(35)61-47/h1-30H. The molecule has 5 aromatic heterocycles. The number of furan rings is 3. The van der Waals surface area contributed by atoms with Crippen molar-refractivity contribution < 1.29 is 13.3 Å². The number of hydrogen-bond donors (Lipinski definition) is 0. The highest BCUT2D eigenvalue weighted by atomic mass is 16.3. The van der Waals surface area contributed by atoms with E-state index < -0.39 is 0 Å². The molecular formula is C55H30N4O3. The zero-order chi connectivity index (χ0) is 40.5. The molecule has 0 unspecified atom stereocenters. The molecule has 0 saturated carbocycles. The van der Waals surface area contributed by atoms with Gasteiger partial charge in [-0.3, -0.25) is 0 Å². The Labute approximate surface area is 351 Å². The summed E-state index contributed by atoms with van der Waals surface area (Å²) >= 11 is 0. The first-order chi connectivity index (χ1) is 30.7. The fraction of sp³-hybridized carbons (Fsp3) is 0. The average Bonchev–Trinajstić information content (AvgIpc) is 4.09. The number of aromatic nitrogens is 4. The predicted octanol–water partition coefficient (Wildman–Crippen LogP) is 14.8. The van der Waals surface area contributed by atoms with Crippen LogP contribution in [0, 0.1) is 0 Å². The molecule has 9 aromatic carbocycles. The zero-order valence-corrected chi connectivity index (χ0v) is 32.8. The normalized spacial score (nSPS) is 12.2. The Kier molecular flexibility index (Phi) is 6.71. The summed E-state index contributed by atoms with van der Waals surface area (Å²) in [6, 6.07) is 62.6. The lowest BCUT2D eigenvalue weighted by molar-refractivity contribution is 0.668. The van der Waals surface area contributed by atoms with Gasteiger partial charge in [-0.05, 0) is 71.4 Å². The smallest absolute Gasteiger partial charge is 0.166 e. The van der Waals surface area contributed by atoms with Crippen molar-refractivity contribution in [1.29, 1.82) is 0 Å². The Morgan fingerprint density at radius 1 is 0.306 bits per heavy atom. The van der Waals surface area contributed by atoms with Gasteiger partial charge in [0.05, 0.1) is 22.1 Å². The number of hydrogen-bond acceptors (Lipinski definition) is 6. The van der Waals surface area contributed by atoms with E-state index in [9.17, 15) is 0 Å². The summed E-state index contributed by atoms with van der Waals surface area (Å²) in [7, 11) is 0. The van der Waals surface area contributed by atoms with Crippen molar-refractivity contribution in [3.8, 4) is 39.9 Å². The molecule has 0 amide bonds. The fourth-order valence-electron chi connectivity index (χ4n) is 9.77. The molecule has 0 aliphatic heterocycles. The van der Waals surface area contributed by atoms with E-state index in [1.54, 1.807) is 0 Å². The van der Waals surface area contributed by atoms with E-state index in [2.05, 4.69) is 114 Å². The molecule has 62 heavy (non-hydrogen) atoms. The third kappa shape index (κ3) is 4.67. The van der Waals surface area contributed by atoms with Crippen LogP contribution in [-0.2, 0) is 0 Å². The summed E-state index contributed by atoms with van der Waals surface area (Å²) in [5.41, 5.74) is 10.3. The lowest BCUT2D eigenvalue weighted by Gasteiger charge is -2.16. The molecular weight excluding hydrogens is 765 g/mol. The van der Waals surface area contributed by atoms with Crippen LogP contribution in [0.5, 0.6) is 0 Å². The average molecular weight is 795 g/mol. The molecule has 14 rings (SSSR count). The van der Waals surface area contributed by atoms with E-state index in [0.29, 0.717) is 17.5 Å². The number of para-hydroxylation sites is 4. The molecule has 0 fully saturated rings. The first-order valence-corrected chi connectivity index (χ1v) is 20.7. The van der Waals surface area contributed by atoms with Crippen LogP contribution in [0.3, 0.4) is 0 Å². The number of benzene rings is 9. The summed E-state index contributed by atoms with van der Waals surface area (Å²) in [4.78, 5) is 16.3. The van der Waals surface area contributed by atoms with Crippen LogP contribution in [-0.4, -0.2) is 19.5 Å². The summed E-state index contributed by atoms with van der Waals surface area (Å²) in [6.07, 6.45) is 0. The highest BCUT2D eigenvalue weighted by Crippen LogP contribution is 2.45. The molecule has 0 spiro atoms. The van der Waals surface area contributed by atoms with Gasteiger partial charge in [0.15, 0.2) is 17.5 Å². The van der Waals surface area contributed by atoms with Gasteiger partial charge in [-0.1, -0.05) is 121 Å². The molecule has 0 radical (unpaired) electrons. The van der Waals surface area contributed by atoms with Gasteiger partial charge < -0.3 is 17.8 Å². The first-order valence-electron chi connectivity index (χ1n) is 20.7. The Bertz CT molecular complexity index is 4060. The second-order valence-corrected chi connectivity index (χ2v) is 15.9. The molecule has 7 heteroatoms. The molecule has 5 heterocycles. The molecule has 7 nitrogen and oxygen atoms in total. The lowest BCUT2D eigenvalue weighted by Crippen LogP contribution is -2.04. The van der Waals surface area contributed by atoms with Gasteiger partial charge in [0, 0.05) is 54.4 Å². The van der Waals surface area contributed by atoms with Crippen LogP contribution in [0.15, 0.2) is 195 Å². The van der Waals surface area contributed by atoms with E-state index in [0.717, 1.165) is 115 Å². The van der Waals surface area contributed by atoms with E-state index in [1.807, 2.05) is 72.8 Å². The quantitative estimate of drug-likeness (QED) is 0.176. The minimum Gasteiger partial charge on any atom is -0.456 e. The molecule has 288 valence electrons. The predicted molar refractivity (Wildman–Crippen MR) is 250 cm³/mol. The van der Waals surface area contributed by atoms with Crippen LogP contribution < -0.4 is 0 Å². The van der Waals surface area contributed by atoms with Crippen molar-refractivity contribution in [2.24, 2.45) is 0 Å². The number of rotatable bonds is 4. The monoisotopic (exact) mass is 794 g/mol. The minimum atomic E-state index is 0.522. The first kappa shape index (κ1) is 33.3. The van der Waals surface area contributed by atoms with Crippen molar-refractivity contribution in [3.63, 3.8) is 0 Å². The highest BCUT2D eigenvalue weighted by molar-refractivity contribution is 6.19. The van der Waals surface area contributed by atoms with Gasteiger partial charge in [-0.2, -0.15) is 0 Å². The Morgan fingerprint density at radius 3 is 1.35 bits per heavy atom. The third-order valence-corrected chi connectivity index (χ3v) is 12.4. The van der Waals surface area contributed by atoms with Gasteiger partial charge in [-0.25, -0.2) is 15.0 Å². The lowest BCUT2D eigenvalue weighted by atomic mass is 10.0. The number of fused-ring (bicyclic) bond motifs is 13. The molecule has 0 bridgehead atoms. The topological polar surface area (TPSA) is 83.0 Å². The maximum Gasteiger partial charge on any atom is 0.166 e. The molecule has 0 saturated heterocycles. The van der Waals surface area contributed by atoms with Crippen molar-refractivity contribution in [3.05, 3.63) is 182 Å². The summed E-state index contributed by atoms with van der Waals surface area (Å²) in [5.74, 6) is 1.58. The maximum absolute atomic E-state index is 6.64. The van der Waals surface area contributed by atoms with Gasteiger partial charge >= 0.3 is 0 Å². The zero-order valence-electron chi connectivity index (χ0n) is 32.8. The van der Waals surface area contributed by atoms with Crippen LogP contribution in [0.25, 0.3) is 138 Å². The Hall–Kier alpha value is -8.55. The van der Waals surface area contributed by atoms with E-state index in [1.165, 1.54) is 5.39 Å². The second-order valence-electron chi connectivity index (χ2n) is 15.9. The van der Waals surface area contributed by atoms with Gasteiger partial charge in [0.2, 0.25) is 0 Å². The van der Waals surface area contributed by atoms with Gasteiger partial charge in [0.1, 0.15) is 33.5 Å². The summed E-state index contributed by atoms with van der Waals surface area (Å²) in [5, 5.41) is 10.5. The van der Waals surface area contributed by atoms with Crippen LogP contribution in [0.2, 0.25) is 0 Å². The Morgan fingerprint density at radius 2 is 0.758 bits per heavy atom. The Balaban J connectivity index is 1.15. The highest BCUT2D eigenvalue weighted by Gasteiger charge is 2.26. The van der Waals surface area contributed by atoms with Crippen molar-refractivity contribution in [2.45, 2.75) is 0 Å². The van der Waals surface area contributed by atoms with Crippen molar-refractivity contribution in [1.82, 2.24) is 19.5 Å². The molecule has 0 aliphatic carbocycles. The third-order valence-electron chi connectivity index (χ3n) is 12.4. The van der Waals surface area contributed by atoms with Crippen molar-refractivity contribution in [2.75, 3.05) is 0 Å². The van der Waals surface area contributed by atoms with E-state index in [-0.39, 0.29) is 0 Å². The molecule has 14 aromatic rings. The largest absolute Gasteiger partial charge is 0.456 e.